The summed E-state index contributed by atoms with van der Waals surface area (Å²) in [6, 6.07) is 40.2. The third-order valence-corrected chi connectivity index (χ3v) is 12.8. The lowest BCUT2D eigenvalue weighted by Gasteiger charge is -2.09. The topological polar surface area (TPSA) is 124 Å². The fourth-order valence-corrected chi connectivity index (χ4v) is 8.35. The fourth-order valence-electron chi connectivity index (χ4n) is 8.35. The summed E-state index contributed by atoms with van der Waals surface area (Å²) >= 11 is 0. The summed E-state index contributed by atoms with van der Waals surface area (Å²) in [6.45, 7) is 5.79. The van der Waals surface area contributed by atoms with E-state index in [4.69, 9.17) is 28.4 Å². The number of unbranched alkanes of at least 4 members (excludes halogenated alkanes) is 18. The minimum absolute atomic E-state index is 0.291. The van der Waals surface area contributed by atoms with Crippen LogP contribution in [0, 0.1) is 0 Å². The van der Waals surface area contributed by atoms with Gasteiger partial charge in [-0.1, -0.05) is 154 Å². The first-order valence-electron chi connectivity index (χ1n) is 27.0. The van der Waals surface area contributed by atoms with E-state index in [0.717, 1.165) is 36.8 Å². The van der Waals surface area contributed by atoms with Gasteiger partial charge in [0.15, 0.2) is 0 Å². The Morgan fingerprint density at radius 3 is 0.703 bits per heavy atom. The molecule has 0 N–H and O–H groups in total. The molecule has 0 fully saturated rings. The zero-order chi connectivity index (χ0) is 52.0. The van der Waals surface area contributed by atoms with Gasteiger partial charge in [-0.25, -0.2) is 19.2 Å². The Labute approximate surface area is 438 Å². The second kappa shape index (κ2) is 32.1. The molecule has 0 aliphatic heterocycles. The maximum absolute atomic E-state index is 13.0. The normalized spacial score (nSPS) is 10.9. The van der Waals surface area contributed by atoms with Gasteiger partial charge in [-0.15, -0.1) is 0 Å². The number of esters is 4. The number of carbonyl (C=O) groups excluding carboxylic acids is 4. The van der Waals surface area contributed by atoms with Crippen LogP contribution < -0.4 is 28.4 Å². The second-order valence-electron chi connectivity index (χ2n) is 18.8. The van der Waals surface area contributed by atoms with E-state index in [-0.39, 0.29) is 0 Å². The predicted molar refractivity (Wildman–Crippen MR) is 292 cm³/mol. The Hall–Kier alpha value is -7.20. The smallest absolute Gasteiger partial charge is 0.343 e. The quantitative estimate of drug-likeness (QED) is 0.0224. The van der Waals surface area contributed by atoms with Gasteiger partial charge in [0.05, 0.1) is 35.5 Å². The molecule has 10 heteroatoms. The van der Waals surface area contributed by atoms with Crippen LogP contribution >= 0.6 is 0 Å². The van der Waals surface area contributed by atoms with Crippen LogP contribution in [-0.4, -0.2) is 37.1 Å². The summed E-state index contributed by atoms with van der Waals surface area (Å²) < 4.78 is 34.1. The zero-order valence-electron chi connectivity index (χ0n) is 43.5. The van der Waals surface area contributed by atoms with Gasteiger partial charge in [0.25, 0.3) is 0 Å². The maximum Gasteiger partial charge on any atom is 0.343 e. The van der Waals surface area contributed by atoms with Crippen LogP contribution in [-0.2, 0) is 0 Å². The average molecular weight is 1000 g/mol. The molecule has 74 heavy (non-hydrogen) atoms. The van der Waals surface area contributed by atoms with Crippen LogP contribution in [0.15, 0.2) is 146 Å². The van der Waals surface area contributed by atoms with Crippen LogP contribution in [0.4, 0.5) is 0 Å². The Bertz CT molecular complexity index is 2390. The van der Waals surface area contributed by atoms with Gasteiger partial charge in [0.2, 0.25) is 0 Å². The van der Waals surface area contributed by atoms with Gasteiger partial charge in [-0.05, 0) is 145 Å². The number of ether oxygens (including phenoxy) is 6. The molecule has 0 amide bonds. The van der Waals surface area contributed by atoms with Crippen molar-refractivity contribution in [3.05, 3.63) is 168 Å². The number of carbonyl (C=O) groups is 4. The molecule has 0 spiro atoms. The first-order chi connectivity index (χ1) is 36.3. The van der Waals surface area contributed by atoms with Crippen molar-refractivity contribution in [3.8, 4) is 45.6 Å². The van der Waals surface area contributed by atoms with Crippen molar-refractivity contribution in [1.29, 1.82) is 0 Å². The molecule has 10 nitrogen and oxygen atoms in total. The number of hydrogen-bond donors (Lipinski definition) is 0. The highest BCUT2D eigenvalue weighted by Gasteiger charge is 2.15. The largest absolute Gasteiger partial charge is 0.494 e. The van der Waals surface area contributed by atoms with Crippen LogP contribution in [0.25, 0.3) is 11.1 Å². The molecule has 0 aliphatic carbocycles. The molecule has 0 saturated heterocycles. The molecule has 0 aliphatic rings. The number of benzene rings is 6. The molecular weight excluding hydrogens is 929 g/mol. The molecule has 6 aromatic rings. The standard InChI is InChI=1S/C64H74O10/c1-3-5-7-9-11-13-15-17-19-21-47-69-55-35-27-51(28-36-55)61(65)73-59-43-31-53(32-44-59)63(67)71-57-39-23-49(24-40-57)50-25-41-58(42-26-50)72-64(68)54-33-45-60(46-34-54)74-62(66)52-29-37-56(38-30-52)70-48-22-20-18-16-14-12-10-8-6-4-2/h23-46H,3-22,47-48H2,1-2H3. The van der Waals surface area contributed by atoms with E-state index in [1.54, 1.807) is 121 Å². The van der Waals surface area contributed by atoms with E-state index in [1.165, 1.54) is 103 Å². The molecule has 0 atom stereocenters. The summed E-state index contributed by atoms with van der Waals surface area (Å²) in [7, 11) is 0. The summed E-state index contributed by atoms with van der Waals surface area (Å²) in [5, 5.41) is 0. The van der Waals surface area contributed by atoms with Crippen molar-refractivity contribution >= 4 is 23.9 Å². The Morgan fingerprint density at radius 2 is 0.459 bits per heavy atom. The van der Waals surface area contributed by atoms with E-state index in [9.17, 15) is 19.2 Å². The van der Waals surface area contributed by atoms with E-state index in [1.807, 2.05) is 24.3 Å². The van der Waals surface area contributed by atoms with Crippen molar-refractivity contribution in [2.75, 3.05) is 13.2 Å². The lowest BCUT2D eigenvalue weighted by Crippen LogP contribution is -2.10. The number of rotatable bonds is 33. The van der Waals surface area contributed by atoms with Crippen molar-refractivity contribution in [2.24, 2.45) is 0 Å². The highest BCUT2D eigenvalue weighted by atomic mass is 16.5. The van der Waals surface area contributed by atoms with Crippen LogP contribution in [0.1, 0.15) is 184 Å². The highest BCUT2D eigenvalue weighted by molar-refractivity contribution is 5.94. The summed E-state index contributed by atoms with van der Waals surface area (Å²) in [4.78, 5) is 51.6. The van der Waals surface area contributed by atoms with E-state index in [2.05, 4.69) is 13.8 Å². The highest BCUT2D eigenvalue weighted by Crippen LogP contribution is 2.27. The molecule has 0 radical (unpaired) electrons. The van der Waals surface area contributed by atoms with Crippen LogP contribution in [0.5, 0.6) is 34.5 Å². The molecule has 0 heterocycles. The lowest BCUT2D eigenvalue weighted by atomic mass is 10.1. The second-order valence-corrected chi connectivity index (χ2v) is 18.8. The van der Waals surface area contributed by atoms with E-state index < -0.39 is 23.9 Å². The van der Waals surface area contributed by atoms with E-state index >= 15 is 0 Å². The zero-order valence-corrected chi connectivity index (χ0v) is 43.5. The predicted octanol–water partition coefficient (Wildman–Crippen LogP) is 16.8. The molecule has 6 rings (SSSR count). The minimum atomic E-state index is -0.563. The molecule has 0 aromatic heterocycles. The molecule has 0 bridgehead atoms. The molecule has 6 aromatic carbocycles. The van der Waals surface area contributed by atoms with Gasteiger partial charge >= 0.3 is 23.9 Å². The van der Waals surface area contributed by atoms with E-state index in [0.29, 0.717) is 70.0 Å². The van der Waals surface area contributed by atoms with Crippen molar-refractivity contribution in [2.45, 2.75) is 142 Å². The summed E-state index contributed by atoms with van der Waals surface area (Å²) in [6.07, 6.45) is 25.4. The van der Waals surface area contributed by atoms with Gasteiger partial charge in [-0.3, -0.25) is 0 Å². The monoisotopic (exact) mass is 1000 g/mol. The first kappa shape index (κ1) is 56.1. The lowest BCUT2D eigenvalue weighted by molar-refractivity contribution is 0.0720. The SMILES string of the molecule is CCCCCCCCCCCCOc1ccc(C(=O)Oc2ccc(C(=O)Oc3ccc(-c4ccc(OC(=O)c5ccc(OC(=O)c6ccc(OCCCCCCCCCCCC)cc6)cc5)cc4)cc3)cc2)cc1. The van der Waals surface area contributed by atoms with Gasteiger partial charge in [0.1, 0.15) is 34.5 Å². The molecule has 390 valence electrons. The first-order valence-corrected chi connectivity index (χ1v) is 27.0. The Morgan fingerprint density at radius 1 is 0.257 bits per heavy atom. The molecule has 0 saturated carbocycles. The van der Waals surface area contributed by atoms with Gasteiger partial charge in [0, 0.05) is 0 Å². The summed E-state index contributed by atoms with van der Waals surface area (Å²) in [5.74, 6) is 0.571. The summed E-state index contributed by atoms with van der Waals surface area (Å²) in [5.41, 5.74) is 3.08. The fraction of sp³-hybridized carbons (Fsp3) is 0.375. The van der Waals surface area contributed by atoms with Gasteiger partial charge < -0.3 is 28.4 Å². The molecule has 0 unspecified atom stereocenters. The van der Waals surface area contributed by atoms with Gasteiger partial charge in [-0.2, -0.15) is 0 Å². The van der Waals surface area contributed by atoms with Crippen LogP contribution in [0.3, 0.4) is 0 Å². The maximum atomic E-state index is 13.0. The third kappa shape index (κ3) is 20.0. The average Bonchev–Trinajstić information content (AvgIpc) is 3.43. The Kier molecular flexibility index (Phi) is 24.3. The van der Waals surface area contributed by atoms with Crippen molar-refractivity contribution in [1.82, 2.24) is 0 Å². The third-order valence-electron chi connectivity index (χ3n) is 12.8. The van der Waals surface area contributed by atoms with Crippen LogP contribution in [0.2, 0.25) is 0 Å². The molecular formula is C64H74O10. The van der Waals surface area contributed by atoms with Crippen molar-refractivity contribution in [3.63, 3.8) is 0 Å². The Balaban J connectivity index is 0.855. The minimum Gasteiger partial charge on any atom is -0.494 e. The van der Waals surface area contributed by atoms with Crippen molar-refractivity contribution < 1.29 is 47.6 Å². The number of hydrogen-bond acceptors (Lipinski definition) is 10.